The predicted molar refractivity (Wildman–Crippen MR) is 109 cm³/mol. The number of hydrogen-bond donors (Lipinski definition) is 3. The largest absolute Gasteiger partial charge is 0.446 e. The monoisotopic (exact) mass is 418 g/mol. The van der Waals surface area contributed by atoms with Crippen LogP contribution in [-0.4, -0.2) is 37.9 Å². The number of aryl methyl sites for hydroxylation is 1. The molecule has 0 radical (unpaired) electrons. The van der Waals surface area contributed by atoms with Crippen LogP contribution in [0.25, 0.3) is 6.08 Å². The van der Waals surface area contributed by atoms with Gasteiger partial charge in [-0.3, -0.25) is 14.1 Å². The quantitative estimate of drug-likeness (QED) is 0.326. The van der Waals surface area contributed by atoms with Gasteiger partial charge in [0, 0.05) is 24.7 Å². The summed E-state index contributed by atoms with van der Waals surface area (Å²) in [4.78, 5) is 23.8. The average Bonchev–Trinajstić information content (AvgIpc) is 2.66. The molecule has 9 heteroatoms. The van der Waals surface area contributed by atoms with E-state index in [9.17, 15) is 18.0 Å². The number of benzene rings is 2. The first kappa shape index (κ1) is 22.1. The van der Waals surface area contributed by atoms with Crippen molar-refractivity contribution in [3.8, 4) is 5.75 Å². The van der Waals surface area contributed by atoms with E-state index in [0.717, 1.165) is 11.1 Å². The molecule has 2 amide bonds. The van der Waals surface area contributed by atoms with Crippen molar-refractivity contribution in [2.45, 2.75) is 13.3 Å². The van der Waals surface area contributed by atoms with Gasteiger partial charge in [0.2, 0.25) is 5.91 Å². The number of rotatable bonds is 9. The standard InChI is InChI=1S/C20H22N2O6S/c1-15-3-5-16(6-4-15)7-12-19(23)21-13-2-14-22-20(24)17-8-10-18(11-9-17)28-29(25,26)27/h3-12H,2,13-14H2,1H3,(H,21,23)(H,22,24)(H,25,26,27)/b12-7+. The topological polar surface area (TPSA) is 122 Å². The molecule has 3 N–H and O–H groups in total. The van der Waals surface area contributed by atoms with Crippen molar-refractivity contribution in [3.05, 3.63) is 71.3 Å². The van der Waals surface area contributed by atoms with E-state index < -0.39 is 10.4 Å². The molecule has 0 heterocycles. The zero-order valence-electron chi connectivity index (χ0n) is 15.8. The number of amides is 2. The lowest BCUT2D eigenvalue weighted by molar-refractivity contribution is -0.116. The van der Waals surface area contributed by atoms with Gasteiger partial charge in [-0.1, -0.05) is 29.8 Å². The molecule has 29 heavy (non-hydrogen) atoms. The molecule has 0 aliphatic heterocycles. The SMILES string of the molecule is Cc1ccc(/C=C/C(=O)NCCCNC(=O)c2ccc(OS(=O)(=O)O)cc2)cc1. The fraction of sp³-hybridized carbons (Fsp3) is 0.200. The molecule has 0 bridgehead atoms. The minimum Gasteiger partial charge on any atom is -0.362 e. The van der Waals surface area contributed by atoms with Crippen LogP contribution in [0.1, 0.15) is 27.9 Å². The Kier molecular flexibility index (Phi) is 7.93. The highest BCUT2D eigenvalue weighted by Crippen LogP contribution is 2.13. The van der Waals surface area contributed by atoms with Gasteiger partial charge in [-0.15, -0.1) is 0 Å². The Morgan fingerprint density at radius 2 is 1.62 bits per heavy atom. The Labute approximate surface area is 169 Å². The number of carbonyl (C=O) groups excluding carboxylic acids is 2. The van der Waals surface area contributed by atoms with Crippen LogP contribution >= 0.6 is 0 Å². The average molecular weight is 418 g/mol. The van der Waals surface area contributed by atoms with Crippen LogP contribution in [0.3, 0.4) is 0 Å². The fourth-order valence-electron chi connectivity index (χ4n) is 2.30. The van der Waals surface area contributed by atoms with Crippen LogP contribution in [0.5, 0.6) is 5.75 Å². The molecule has 0 saturated heterocycles. The van der Waals surface area contributed by atoms with Crippen molar-refractivity contribution >= 4 is 28.3 Å². The summed E-state index contributed by atoms with van der Waals surface area (Å²) < 4.78 is 34.1. The molecule has 0 aliphatic carbocycles. The lowest BCUT2D eigenvalue weighted by Gasteiger charge is -2.07. The maximum atomic E-state index is 12.0. The molecule has 2 rings (SSSR count). The molecule has 0 aromatic heterocycles. The van der Waals surface area contributed by atoms with Crippen LogP contribution in [-0.2, 0) is 15.2 Å². The van der Waals surface area contributed by atoms with Gasteiger partial charge in [0.1, 0.15) is 5.75 Å². The summed E-state index contributed by atoms with van der Waals surface area (Å²) in [6.07, 6.45) is 3.73. The molecule has 0 aliphatic rings. The van der Waals surface area contributed by atoms with E-state index in [1.54, 1.807) is 6.08 Å². The zero-order chi connectivity index (χ0) is 21.3. The third kappa shape index (κ3) is 8.58. The van der Waals surface area contributed by atoms with E-state index >= 15 is 0 Å². The highest BCUT2D eigenvalue weighted by atomic mass is 32.3. The second kappa shape index (κ2) is 10.4. The van der Waals surface area contributed by atoms with E-state index in [-0.39, 0.29) is 17.6 Å². The number of hydrogen-bond acceptors (Lipinski definition) is 5. The highest BCUT2D eigenvalue weighted by Gasteiger charge is 2.09. The Morgan fingerprint density at radius 3 is 2.24 bits per heavy atom. The van der Waals surface area contributed by atoms with Crippen LogP contribution < -0.4 is 14.8 Å². The molecular formula is C20H22N2O6S. The van der Waals surface area contributed by atoms with Crippen molar-refractivity contribution in [1.82, 2.24) is 10.6 Å². The van der Waals surface area contributed by atoms with E-state index in [0.29, 0.717) is 25.1 Å². The first-order valence-electron chi connectivity index (χ1n) is 8.81. The molecule has 2 aromatic rings. The summed E-state index contributed by atoms with van der Waals surface area (Å²) in [5.41, 5.74) is 2.39. The third-order valence-electron chi connectivity index (χ3n) is 3.76. The smallest absolute Gasteiger partial charge is 0.362 e. The number of carbonyl (C=O) groups is 2. The molecule has 0 saturated carbocycles. The molecular weight excluding hydrogens is 396 g/mol. The fourth-order valence-corrected chi connectivity index (χ4v) is 2.65. The summed E-state index contributed by atoms with van der Waals surface area (Å²) >= 11 is 0. The van der Waals surface area contributed by atoms with E-state index in [1.807, 2.05) is 31.2 Å². The highest BCUT2D eigenvalue weighted by molar-refractivity contribution is 7.81. The summed E-state index contributed by atoms with van der Waals surface area (Å²) in [5, 5.41) is 5.42. The Morgan fingerprint density at radius 1 is 1.00 bits per heavy atom. The van der Waals surface area contributed by atoms with Gasteiger partial charge in [-0.25, -0.2) is 0 Å². The Bertz CT molecular complexity index is 967. The first-order valence-corrected chi connectivity index (χ1v) is 10.2. The van der Waals surface area contributed by atoms with Crippen LogP contribution in [0.4, 0.5) is 0 Å². The van der Waals surface area contributed by atoms with Crippen LogP contribution in [0.15, 0.2) is 54.6 Å². The molecule has 0 spiro atoms. The van der Waals surface area contributed by atoms with Gasteiger partial charge in [-0.2, -0.15) is 8.42 Å². The van der Waals surface area contributed by atoms with E-state index in [1.165, 1.54) is 30.3 Å². The van der Waals surface area contributed by atoms with E-state index in [2.05, 4.69) is 14.8 Å². The summed E-state index contributed by atoms with van der Waals surface area (Å²) in [6, 6.07) is 13.0. The predicted octanol–water partition coefficient (Wildman–Crippen LogP) is 2.13. The van der Waals surface area contributed by atoms with Crippen molar-refractivity contribution in [2.75, 3.05) is 13.1 Å². The number of nitrogens with one attached hydrogen (secondary N) is 2. The first-order chi connectivity index (χ1) is 13.7. The molecule has 0 fully saturated rings. The molecule has 154 valence electrons. The maximum absolute atomic E-state index is 12.0. The minimum atomic E-state index is -4.60. The van der Waals surface area contributed by atoms with Crippen molar-refractivity contribution in [3.63, 3.8) is 0 Å². The van der Waals surface area contributed by atoms with Gasteiger partial charge >= 0.3 is 10.4 Å². The second-order valence-corrected chi connectivity index (χ2v) is 7.20. The van der Waals surface area contributed by atoms with Crippen LogP contribution in [0.2, 0.25) is 0 Å². The normalized spacial score (nSPS) is 11.2. The molecule has 0 atom stereocenters. The maximum Gasteiger partial charge on any atom is 0.446 e. The van der Waals surface area contributed by atoms with Gasteiger partial charge in [-0.05, 0) is 49.2 Å². The van der Waals surface area contributed by atoms with Crippen molar-refractivity contribution in [1.29, 1.82) is 0 Å². The molecule has 2 aromatic carbocycles. The lowest BCUT2D eigenvalue weighted by atomic mass is 10.1. The lowest BCUT2D eigenvalue weighted by Crippen LogP contribution is -2.29. The van der Waals surface area contributed by atoms with Gasteiger partial charge in [0.25, 0.3) is 5.91 Å². The Balaban J connectivity index is 1.67. The molecule has 8 nitrogen and oxygen atoms in total. The summed E-state index contributed by atoms with van der Waals surface area (Å²) in [6.45, 7) is 2.74. The summed E-state index contributed by atoms with van der Waals surface area (Å²) in [7, 11) is -4.60. The van der Waals surface area contributed by atoms with E-state index in [4.69, 9.17) is 4.55 Å². The zero-order valence-corrected chi connectivity index (χ0v) is 16.6. The third-order valence-corrected chi connectivity index (χ3v) is 4.16. The van der Waals surface area contributed by atoms with Gasteiger partial charge in [0.15, 0.2) is 0 Å². The molecule has 0 unspecified atom stereocenters. The second-order valence-electron chi connectivity index (χ2n) is 6.18. The van der Waals surface area contributed by atoms with Crippen molar-refractivity contribution in [2.24, 2.45) is 0 Å². The van der Waals surface area contributed by atoms with Crippen molar-refractivity contribution < 1.29 is 26.7 Å². The van der Waals surface area contributed by atoms with Gasteiger partial charge < -0.3 is 14.8 Å². The van der Waals surface area contributed by atoms with Crippen LogP contribution in [0, 0.1) is 6.92 Å². The Hall–Kier alpha value is -3.17. The van der Waals surface area contributed by atoms with Gasteiger partial charge in [0.05, 0.1) is 0 Å². The minimum absolute atomic E-state index is 0.106. The summed E-state index contributed by atoms with van der Waals surface area (Å²) in [5.74, 6) is -0.675.